The summed E-state index contributed by atoms with van der Waals surface area (Å²) in [7, 11) is 1.98. The molecule has 0 bridgehead atoms. The number of hydrogen-bond acceptors (Lipinski definition) is 3. The number of nitrogens with zero attached hydrogens (tertiary/aromatic N) is 3. The number of aliphatic imine (C=N–C) groups is 1. The highest BCUT2D eigenvalue weighted by atomic mass is 16.3. The molecule has 0 saturated heterocycles. The van der Waals surface area contributed by atoms with Crippen LogP contribution in [0, 0.1) is 13.8 Å². The molecule has 2 aromatic heterocycles. The van der Waals surface area contributed by atoms with Crippen molar-refractivity contribution in [2.45, 2.75) is 33.7 Å². The van der Waals surface area contributed by atoms with Crippen molar-refractivity contribution in [3.05, 3.63) is 41.1 Å². The molecule has 2 aromatic rings. The first-order chi connectivity index (χ1) is 10.6. The van der Waals surface area contributed by atoms with Gasteiger partial charge in [-0.05, 0) is 44.9 Å². The molecule has 0 aliphatic heterocycles. The Hall–Kier alpha value is -2.24. The Kier molecular flexibility index (Phi) is 5.63. The van der Waals surface area contributed by atoms with Crippen molar-refractivity contribution in [2.75, 3.05) is 13.1 Å². The van der Waals surface area contributed by atoms with E-state index in [0.717, 1.165) is 36.9 Å². The van der Waals surface area contributed by atoms with Crippen LogP contribution in [0.1, 0.15) is 29.6 Å². The summed E-state index contributed by atoms with van der Waals surface area (Å²) in [4.78, 5) is 4.52. The molecule has 0 aliphatic carbocycles. The van der Waals surface area contributed by atoms with Gasteiger partial charge in [-0.25, -0.2) is 4.99 Å². The van der Waals surface area contributed by atoms with Crippen LogP contribution in [0.3, 0.4) is 0 Å². The van der Waals surface area contributed by atoms with E-state index in [-0.39, 0.29) is 0 Å². The van der Waals surface area contributed by atoms with Gasteiger partial charge in [0.15, 0.2) is 5.96 Å². The fraction of sp³-hybridized carbons (Fsp3) is 0.500. The van der Waals surface area contributed by atoms with Gasteiger partial charge in [-0.2, -0.15) is 5.10 Å². The van der Waals surface area contributed by atoms with E-state index in [1.807, 2.05) is 23.9 Å². The third kappa shape index (κ3) is 4.13. The van der Waals surface area contributed by atoms with E-state index in [4.69, 9.17) is 4.42 Å². The summed E-state index contributed by atoms with van der Waals surface area (Å²) < 4.78 is 7.23. The topological polar surface area (TPSA) is 67.4 Å². The number of rotatable bonds is 6. The first kappa shape index (κ1) is 16.1. The van der Waals surface area contributed by atoms with Crippen LogP contribution in [-0.4, -0.2) is 28.8 Å². The fourth-order valence-electron chi connectivity index (χ4n) is 2.39. The number of hydrogen-bond donors (Lipinski definition) is 2. The maximum absolute atomic E-state index is 5.30. The second-order valence-corrected chi connectivity index (χ2v) is 5.22. The van der Waals surface area contributed by atoms with Gasteiger partial charge >= 0.3 is 0 Å². The van der Waals surface area contributed by atoms with Crippen LogP contribution < -0.4 is 10.6 Å². The predicted molar refractivity (Wildman–Crippen MR) is 87.9 cm³/mol. The number of aryl methyl sites for hydroxylation is 2. The van der Waals surface area contributed by atoms with E-state index in [1.165, 1.54) is 11.3 Å². The van der Waals surface area contributed by atoms with Crippen LogP contribution in [0.4, 0.5) is 0 Å². The van der Waals surface area contributed by atoms with Crippen molar-refractivity contribution in [1.29, 1.82) is 0 Å². The quantitative estimate of drug-likeness (QED) is 0.632. The minimum Gasteiger partial charge on any atom is -0.467 e. The Balaban J connectivity index is 1.90. The van der Waals surface area contributed by atoms with Crippen molar-refractivity contribution in [1.82, 2.24) is 20.4 Å². The minimum atomic E-state index is 0.535. The van der Waals surface area contributed by atoms with Crippen LogP contribution in [0.2, 0.25) is 0 Å². The average Bonchev–Trinajstić information content (AvgIpc) is 3.08. The highest BCUT2D eigenvalue weighted by Crippen LogP contribution is 2.11. The summed E-state index contributed by atoms with van der Waals surface area (Å²) in [5.74, 6) is 1.66. The molecule has 22 heavy (non-hydrogen) atoms. The monoisotopic (exact) mass is 303 g/mol. The second-order valence-electron chi connectivity index (χ2n) is 5.22. The number of furan rings is 1. The molecule has 0 spiro atoms. The molecule has 0 radical (unpaired) electrons. The van der Waals surface area contributed by atoms with Crippen molar-refractivity contribution < 1.29 is 4.42 Å². The summed E-state index contributed by atoms with van der Waals surface area (Å²) in [6, 6.07) is 3.80. The Morgan fingerprint density at radius 1 is 1.36 bits per heavy atom. The third-order valence-corrected chi connectivity index (χ3v) is 3.64. The summed E-state index contributed by atoms with van der Waals surface area (Å²) in [6.45, 7) is 8.39. The smallest absolute Gasteiger partial charge is 0.191 e. The Morgan fingerprint density at radius 2 is 2.18 bits per heavy atom. The summed E-state index contributed by atoms with van der Waals surface area (Å²) in [5.41, 5.74) is 3.62. The molecule has 6 nitrogen and oxygen atoms in total. The Bertz CT molecular complexity index is 613. The maximum atomic E-state index is 5.30. The van der Waals surface area contributed by atoms with Crippen LogP contribution in [0.5, 0.6) is 0 Å². The van der Waals surface area contributed by atoms with Gasteiger partial charge in [0.1, 0.15) is 12.3 Å². The average molecular weight is 303 g/mol. The maximum Gasteiger partial charge on any atom is 0.191 e. The zero-order valence-electron chi connectivity index (χ0n) is 13.8. The van der Waals surface area contributed by atoms with Gasteiger partial charge in [0.05, 0.1) is 12.0 Å². The first-order valence-corrected chi connectivity index (χ1v) is 7.65. The molecule has 2 rings (SSSR count). The van der Waals surface area contributed by atoms with Crippen LogP contribution in [-0.2, 0) is 20.0 Å². The molecule has 0 fully saturated rings. The summed E-state index contributed by atoms with van der Waals surface area (Å²) in [5, 5.41) is 11.0. The SMILES string of the molecule is CCNC(=NCc1ccco1)NCCc1c(C)nn(C)c1C. The molecular formula is C16H25N5O. The highest BCUT2D eigenvalue weighted by molar-refractivity contribution is 5.79. The lowest BCUT2D eigenvalue weighted by molar-refractivity contribution is 0.512. The van der Waals surface area contributed by atoms with Gasteiger partial charge in [-0.3, -0.25) is 4.68 Å². The Labute approximate surface area is 131 Å². The van der Waals surface area contributed by atoms with Crippen LogP contribution >= 0.6 is 0 Å². The zero-order chi connectivity index (χ0) is 15.9. The summed E-state index contributed by atoms with van der Waals surface area (Å²) in [6.07, 6.45) is 2.59. The summed E-state index contributed by atoms with van der Waals surface area (Å²) >= 11 is 0. The minimum absolute atomic E-state index is 0.535. The number of nitrogens with one attached hydrogen (secondary N) is 2. The van der Waals surface area contributed by atoms with Gasteiger partial charge < -0.3 is 15.1 Å². The highest BCUT2D eigenvalue weighted by Gasteiger charge is 2.09. The van der Waals surface area contributed by atoms with Crippen molar-refractivity contribution in [3.8, 4) is 0 Å². The van der Waals surface area contributed by atoms with Crippen LogP contribution in [0.15, 0.2) is 27.8 Å². The molecule has 0 atom stereocenters. The van der Waals surface area contributed by atoms with E-state index in [0.29, 0.717) is 6.54 Å². The third-order valence-electron chi connectivity index (χ3n) is 3.64. The first-order valence-electron chi connectivity index (χ1n) is 7.65. The molecule has 2 N–H and O–H groups in total. The van der Waals surface area contributed by atoms with Crippen molar-refractivity contribution >= 4 is 5.96 Å². The molecule has 0 amide bonds. The molecule has 6 heteroatoms. The lowest BCUT2D eigenvalue weighted by atomic mass is 10.1. The molecule has 0 aromatic carbocycles. The van der Waals surface area contributed by atoms with Gasteiger partial charge in [0.25, 0.3) is 0 Å². The van der Waals surface area contributed by atoms with Gasteiger partial charge in [-0.15, -0.1) is 0 Å². The van der Waals surface area contributed by atoms with Gasteiger partial charge in [-0.1, -0.05) is 0 Å². The molecule has 0 saturated carbocycles. The zero-order valence-corrected chi connectivity index (χ0v) is 13.8. The molecule has 0 aliphatic rings. The molecule has 0 unspecified atom stereocenters. The van der Waals surface area contributed by atoms with Gasteiger partial charge in [0.2, 0.25) is 0 Å². The van der Waals surface area contributed by atoms with Gasteiger partial charge in [0, 0.05) is 25.8 Å². The molecule has 2 heterocycles. The normalized spacial score (nSPS) is 11.7. The van der Waals surface area contributed by atoms with Crippen LogP contribution in [0.25, 0.3) is 0 Å². The molecular weight excluding hydrogens is 278 g/mol. The van der Waals surface area contributed by atoms with E-state index in [1.54, 1.807) is 6.26 Å². The van der Waals surface area contributed by atoms with Crippen molar-refractivity contribution in [2.24, 2.45) is 12.0 Å². The predicted octanol–water partition coefficient (Wildman–Crippen LogP) is 1.93. The standard InChI is InChI=1S/C16H25N5O/c1-5-17-16(19-11-14-7-6-10-22-14)18-9-8-15-12(2)20-21(4)13(15)3/h6-7,10H,5,8-9,11H2,1-4H3,(H2,17,18,19). The van der Waals surface area contributed by atoms with E-state index in [9.17, 15) is 0 Å². The second kappa shape index (κ2) is 7.68. The fourth-order valence-corrected chi connectivity index (χ4v) is 2.39. The lowest BCUT2D eigenvalue weighted by Gasteiger charge is -2.11. The van der Waals surface area contributed by atoms with E-state index < -0.39 is 0 Å². The number of aromatic nitrogens is 2. The van der Waals surface area contributed by atoms with Crippen molar-refractivity contribution in [3.63, 3.8) is 0 Å². The largest absolute Gasteiger partial charge is 0.467 e. The lowest BCUT2D eigenvalue weighted by Crippen LogP contribution is -2.38. The van der Waals surface area contributed by atoms with E-state index in [2.05, 4.69) is 41.5 Å². The van der Waals surface area contributed by atoms with E-state index >= 15 is 0 Å². The molecule has 120 valence electrons. The Morgan fingerprint density at radius 3 is 2.77 bits per heavy atom. The number of guanidine groups is 1.